The molecule has 0 radical (unpaired) electrons. The summed E-state index contributed by atoms with van der Waals surface area (Å²) in [4.78, 5) is 0. The molecule has 0 bridgehead atoms. The van der Waals surface area contributed by atoms with Crippen LogP contribution in [0, 0.1) is 0 Å². The first-order valence-corrected chi connectivity index (χ1v) is 4.10. The van der Waals surface area contributed by atoms with Gasteiger partial charge in [0.25, 0.3) is 0 Å². The molecular weight excluding hydrogens is 124 g/mol. The Labute approximate surface area is 63.8 Å². The molecule has 0 aromatic carbocycles. The summed E-state index contributed by atoms with van der Waals surface area (Å²) >= 11 is 0. The topological polar surface area (TPSA) is 20.2 Å². The second-order valence-electron chi connectivity index (χ2n) is 2.59. The van der Waals surface area contributed by atoms with Gasteiger partial charge in [-0.15, -0.1) is 0 Å². The van der Waals surface area contributed by atoms with Crippen LogP contribution in [-0.4, -0.2) is 11.2 Å². The molecule has 0 heterocycles. The van der Waals surface area contributed by atoms with E-state index >= 15 is 0 Å². The molecule has 1 heteroatoms. The highest BCUT2D eigenvalue weighted by molar-refractivity contribution is 4.77. The predicted octanol–water partition coefficient (Wildman–Crippen LogP) is 2.50. The van der Waals surface area contributed by atoms with E-state index in [1.165, 1.54) is 0 Å². The van der Waals surface area contributed by atoms with Crippen molar-refractivity contribution in [3.63, 3.8) is 0 Å². The molecule has 0 aromatic heterocycles. The normalized spacial score (nSPS) is 14.3. The van der Waals surface area contributed by atoms with Gasteiger partial charge in [0, 0.05) is 0 Å². The number of aliphatic hydroxyl groups excluding tert-OH is 1. The van der Waals surface area contributed by atoms with Crippen molar-refractivity contribution < 1.29 is 5.11 Å². The summed E-state index contributed by atoms with van der Waals surface area (Å²) in [6.45, 7) is 4.10. The van der Waals surface area contributed by atoms with E-state index in [1.807, 2.05) is 13.0 Å². The molecule has 1 atom stereocenters. The van der Waals surface area contributed by atoms with Crippen molar-refractivity contribution in [2.45, 2.75) is 45.6 Å². The zero-order valence-electron chi connectivity index (χ0n) is 7.01. The molecule has 0 aliphatic carbocycles. The third-order valence-corrected chi connectivity index (χ3v) is 1.52. The van der Waals surface area contributed by atoms with Gasteiger partial charge in [0.05, 0.1) is 6.10 Å². The van der Waals surface area contributed by atoms with Crippen molar-refractivity contribution in [2.24, 2.45) is 0 Å². The van der Waals surface area contributed by atoms with Gasteiger partial charge in [-0.2, -0.15) is 0 Å². The molecule has 0 spiro atoms. The van der Waals surface area contributed by atoms with Gasteiger partial charge in [-0.1, -0.05) is 25.5 Å². The van der Waals surface area contributed by atoms with Crippen molar-refractivity contribution in [1.29, 1.82) is 0 Å². The van der Waals surface area contributed by atoms with Crippen LogP contribution in [0.5, 0.6) is 0 Å². The molecule has 0 aliphatic rings. The van der Waals surface area contributed by atoms with Crippen LogP contribution in [0.15, 0.2) is 12.2 Å². The van der Waals surface area contributed by atoms with Gasteiger partial charge in [0.15, 0.2) is 0 Å². The maximum absolute atomic E-state index is 9.24. The fourth-order valence-corrected chi connectivity index (χ4v) is 0.933. The van der Waals surface area contributed by atoms with Crippen LogP contribution >= 0.6 is 0 Å². The second-order valence-corrected chi connectivity index (χ2v) is 2.59. The van der Waals surface area contributed by atoms with Gasteiger partial charge in [0.2, 0.25) is 0 Å². The zero-order valence-corrected chi connectivity index (χ0v) is 7.01. The first kappa shape index (κ1) is 9.70. The van der Waals surface area contributed by atoms with Gasteiger partial charge in [0.1, 0.15) is 0 Å². The monoisotopic (exact) mass is 142 g/mol. The molecule has 10 heavy (non-hydrogen) atoms. The summed E-state index contributed by atoms with van der Waals surface area (Å²) in [5, 5.41) is 9.24. The lowest BCUT2D eigenvalue weighted by Crippen LogP contribution is -2.04. The van der Waals surface area contributed by atoms with Gasteiger partial charge in [-0.25, -0.2) is 0 Å². The Morgan fingerprint density at radius 3 is 2.60 bits per heavy atom. The van der Waals surface area contributed by atoms with Crippen LogP contribution < -0.4 is 0 Å². The minimum Gasteiger partial charge on any atom is -0.393 e. The Hall–Kier alpha value is -0.300. The lowest BCUT2D eigenvalue weighted by Gasteiger charge is -2.05. The van der Waals surface area contributed by atoms with E-state index in [2.05, 4.69) is 13.0 Å². The van der Waals surface area contributed by atoms with E-state index in [-0.39, 0.29) is 6.10 Å². The summed E-state index contributed by atoms with van der Waals surface area (Å²) in [6, 6.07) is 0. The zero-order chi connectivity index (χ0) is 7.82. The molecule has 0 aromatic rings. The second kappa shape index (κ2) is 6.81. The first-order valence-electron chi connectivity index (χ1n) is 4.10. The lowest BCUT2D eigenvalue weighted by molar-refractivity contribution is 0.155. The van der Waals surface area contributed by atoms with Crippen LogP contribution in [0.4, 0.5) is 0 Å². The average molecular weight is 142 g/mol. The fourth-order valence-electron chi connectivity index (χ4n) is 0.933. The SMILES string of the molecule is C/C=C/CCC(O)CCC. The van der Waals surface area contributed by atoms with E-state index < -0.39 is 0 Å². The Kier molecular flexibility index (Phi) is 6.61. The number of allylic oxidation sites excluding steroid dienone is 2. The Morgan fingerprint density at radius 1 is 1.40 bits per heavy atom. The van der Waals surface area contributed by atoms with Gasteiger partial charge in [-0.05, 0) is 26.2 Å². The predicted molar refractivity (Wildman–Crippen MR) is 45.0 cm³/mol. The van der Waals surface area contributed by atoms with Crippen molar-refractivity contribution in [2.75, 3.05) is 0 Å². The molecule has 1 unspecified atom stereocenters. The van der Waals surface area contributed by atoms with Crippen LogP contribution in [0.1, 0.15) is 39.5 Å². The summed E-state index contributed by atoms with van der Waals surface area (Å²) < 4.78 is 0. The molecule has 0 amide bonds. The fraction of sp³-hybridized carbons (Fsp3) is 0.778. The minimum atomic E-state index is -0.0822. The minimum absolute atomic E-state index is 0.0822. The van der Waals surface area contributed by atoms with E-state index in [4.69, 9.17) is 0 Å². The van der Waals surface area contributed by atoms with E-state index in [9.17, 15) is 5.11 Å². The molecule has 0 aliphatic heterocycles. The van der Waals surface area contributed by atoms with Crippen LogP contribution in [0.25, 0.3) is 0 Å². The molecule has 0 saturated carbocycles. The largest absolute Gasteiger partial charge is 0.393 e. The quantitative estimate of drug-likeness (QED) is 0.585. The number of hydrogen-bond acceptors (Lipinski definition) is 1. The lowest BCUT2D eigenvalue weighted by atomic mass is 10.1. The third-order valence-electron chi connectivity index (χ3n) is 1.52. The molecular formula is C9H18O. The molecule has 0 saturated heterocycles. The Morgan fingerprint density at radius 2 is 2.10 bits per heavy atom. The highest BCUT2D eigenvalue weighted by atomic mass is 16.3. The van der Waals surface area contributed by atoms with Gasteiger partial charge in [-0.3, -0.25) is 0 Å². The summed E-state index contributed by atoms with van der Waals surface area (Å²) in [5.41, 5.74) is 0. The highest BCUT2D eigenvalue weighted by Gasteiger charge is 1.98. The molecule has 1 N–H and O–H groups in total. The maximum Gasteiger partial charge on any atom is 0.0543 e. The number of rotatable bonds is 5. The van der Waals surface area contributed by atoms with E-state index in [0.717, 1.165) is 25.7 Å². The van der Waals surface area contributed by atoms with Gasteiger partial charge < -0.3 is 5.11 Å². The summed E-state index contributed by atoms with van der Waals surface area (Å²) in [6.07, 6.45) is 7.99. The van der Waals surface area contributed by atoms with Crippen molar-refractivity contribution in [3.8, 4) is 0 Å². The third kappa shape index (κ3) is 5.83. The number of hydrogen-bond donors (Lipinski definition) is 1. The van der Waals surface area contributed by atoms with Crippen molar-refractivity contribution in [3.05, 3.63) is 12.2 Å². The summed E-state index contributed by atoms with van der Waals surface area (Å²) in [7, 11) is 0. The average Bonchev–Trinajstić information content (AvgIpc) is 1.89. The summed E-state index contributed by atoms with van der Waals surface area (Å²) in [5.74, 6) is 0. The standard InChI is InChI=1S/C9H18O/c1-3-5-6-8-9(10)7-4-2/h3,5,9-10H,4,6-8H2,1-2H3/b5-3+. The molecule has 0 rings (SSSR count). The van der Waals surface area contributed by atoms with Gasteiger partial charge >= 0.3 is 0 Å². The van der Waals surface area contributed by atoms with E-state index in [0.29, 0.717) is 0 Å². The first-order chi connectivity index (χ1) is 4.81. The molecule has 1 nitrogen and oxygen atoms in total. The van der Waals surface area contributed by atoms with Crippen molar-refractivity contribution >= 4 is 0 Å². The maximum atomic E-state index is 9.24. The smallest absolute Gasteiger partial charge is 0.0543 e. The Bertz CT molecular complexity index is 86.7. The molecule has 0 fully saturated rings. The number of aliphatic hydroxyl groups is 1. The Balaban J connectivity index is 3.12. The highest BCUT2D eigenvalue weighted by Crippen LogP contribution is 2.04. The van der Waals surface area contributed by atoms with Crippen LogP contribution in [0.2, 0.25) is 0 Å². The van der Waals surface area contributed by atoms with Crippen LogP contribution in [-0.2, 0) is 0 Å². The van der Waals surface area contributed by atoms with E-state index in [1.54, 1.807) is 0 Å². The molecule has 60 valence electrons. The van der Waals surface area contributed by atoms with Crippen molar-refractivity contribution in [1.82, 2.24) is 0 Å². The van der Waals surface area contributed by atoms with Crippen LogP contribution in [0.3, 0.4) is 0 Å².